The molecule has 0 fully saturated rings. The molecule has 0 atom stereocenters. The fraction of sp³-hybridized carbons (Fsp3) is 0.250. The second-order valence-electron chi connectivity index (χ2n) is 4.30. The van der Waals surface area contributed by atoms with Gasteiger partial charge in [-0.05, 0) is 44.0 Å². The topological polar surface area (TPSA) is 29.4 Å². The maximum absolute atomic E-state index is 11.2. The summed E-state index contributed by atoms with van der Waals surface area (Å²) in [6, 6.07) is 6.14. The summed E-state index contributed by atoms with van der Waals surface area (Å²) in [7, 11) is 0. The number of hydrogen-bond acceptors (Lipinski definition) is 2. The largest absolute Gasteiger partial charge is 0.293 e. The number of hydrogen-bond donors (Lipinski definition) is 0. The molecule has 0 N–H and O–H groups in total. The molecule has 0 aromatic heterocycles. The summed E-state index contributed by atoms with van der Waals surface area (Å²) in [5.41, 5.74) is 4.49. The van der Waals surface area contributed by atoms with Crippen LogP contribution in [-0.2, 0) is 4.79 Å². The molecule has 0 spiro atoms. The Labute approximate surface area is 109 Å². The molecule has 1 rings (SSSR count). The van der Waals surface area contributed by atoms with E-state index >= 15 is 0 Å². The Hall–Kier alpha value is -1.96. The summed E-state index contributed by atoms with van der Waals surface area (Å²) in [5, 5.41) is 0. The Kier molecular flexibility index (Phi) is 4.78. The van der Waals surface area contributed by atoms with Gasteiger partial charge in [-0.3, -0.25) is 4.79 Å². The molecule has 0 amide bonds. The lowest BCUT2D eigenvalue weighted by atomic mass is 10.0. The van der Waals surface area contributed by atoms with Crippen molar-refractivity contribution in [3.8, 4) is 0 Å². The van der Waals surface area contributed by atoms with E-state index in [1.807, 2.05) is 25.1 Å². The van der Waals surface area contributed by atoms with Crippen LogP contribution in [0.15, 0.2) is 47.6 Å². The first kappa shape index (κ1) is 14.1. The van der Waals surface area contributed by atoms with Gasteiger partial charge >= 0.3 is 0 Å². The molecule has 0 bridgehead atoms. The predicted molar refractivity (Wildman–Crippen MR) is 77.1 cm³/mol. The van der Waals surface area contributed by atoms with Gasteiger partial charge < -0.3 is 0 Å². The van der Waals surface area contributed by atoms with E-state index in [0.29, 0.717) is 0 Å². The lowest BCUT2D eigenvalue weighted by molar-refractivity contribution is -0.113. The van der Waals surface area contributed by atoms with Gasteiger partial charge in [-0.25, -0.2) is 4.99 Å². The van der Waals surface area contributed by atoms with Gasteiger partial charge in [0.2, 0.25) is 0 Å². The zero-order chi connectivity index (χ0) is 13.7. The van der Waals surface area contributed by atoms with Gasteiger partial charge in [0.15, 0.2) is 5.78 Å². The van der Waals surface area contributed by atoms with Crippen LogP contribution in [-0.4, -0.2) is 11.5 Å². The molecule has 18 heavy (non-hydrogen) atoms. The maximum atomic E-state index is 11.2. The maximum Gasteiger partial charge on any atom is 0.177 e. The standard InChI is InChI=1S/C16H19NO/c1-6-7-16(17-13(4)14(5)18)15-9-8-11(2)12(3)10-15/h6-10H,4H2,1-3,5H3/b7-6-,17-16?. The number of benzene rings is 1. The third kappa shape index (κ3) is 3.52. The predicted octanol–water partition coefficient (Wildman–Crippen LogP) is 3.77. The minimum absolute atomic E-state index is 0.110. The van der Waals surface area contributed by atoms with Crippen molar-refractivity contribution in [2.45, 2.75) is 27.7 Å². The quantitative estimate of drug-likeness (QED) is 0.583. The summed E-state index contributed by atoms with van der Waals surface area (Å²) in [5.74, 6) is -0.110. The van der Waals surface area contributed by atoms with Gasteiger partial charge in [-0.15, -0.1) is 0 Å². The fourth-order valence-electron chi connectivity index (χ4n) is 1.48. The summed E-state index contributed by atoms with van der Waals surface area (Å²) >= 11 is 0. The van der Waals surface area contributed by atoms with Crippen molar-refractivity contribution >= 4 is 11.5 Å². The molecule has 0 saturated heterocycles. The molecule has 0 radical (unpaired) electrons. The zero-order valence-electron chi connectivity index (χ0n) is 11.4. The SMILES string of the molecule is C=C(N=C(/C=C\C)c1ccc(C)c(C)c1)C(C)=O. The van der Waals surface area contributed by atoms with E-state index < -0.39 is 0 Å². The highest BCUT2D eigenvalue weighted by atomic mass is 16.1. The van der Waals surface area contributed by atoms with Crippen LogP contribution in [0.1, 0.15) is 30.5 Å². The average molecular weight is 241 g/mol. The first-order valence-corrected chi connectivity index (χ1v) is 5.94. The monoisotopic (exact) mass is 241 g/mol. The molecular formula is C16H19NO. The number of carbonyl (C=O) groups is 1. The summed E-state index contributed by atoms with van der Waals surface area (Å²) in [6.07, 6.45) is 3.79. The van der Waals surface area contributed by atoms with Crippen molar-refractivity contribution in [1.29, 1.82) is 0 Å². The second kappa shape index (κ2) is 6.10. The highest BCUT2D eigenvalue weighted by Gasteiger charge is 2.04. The number of carbonyl (C=O) groups excluding carboxylic acids is 1. The van der Waals surface area contributed by atoms with Crippen LogP contribution in [0.4, 0.5) is 0 Å². The molecule has 0 aliphatic rings. The minimum Gasteiger partial charge on any atom is -0.293 e. The van der Waals surface area contributed by atoms with Crippen molar-refractivity contribution in [1.82, 2.24) is 0 Å². The Bertz CT molecular complexity index is 536. The van der Waals surface area contributed by atoms with E-state index in [2.05, 4.69) is 37.6 Å². The lowest BCUT2D eigenvalue weighted by Crippen LogP contribution is -2.02. The summed E-state index contributed by atoms with van der Waals surface area (Å²) in [6.45, 7) is 11.2. The molecule has 94 valence electrons. The van der Waals surface area contributed by atoms with Crippen LogP contribution >= 0.6 is 0 Å². The van der Waals surface area contributed by atoms with E-state index in [1.165, 1.54) is 18.1 Å². The van der Waals surface area contributed by atoms with Gasteiger partial charge in [0.25, 0.3) is 0 Å². The van der Waals surface area contributed by atoms with Gasteiger partial charge in [-0.1, -0.05) is 24.8 Å². The number of Topliss-reactive ketones (excluding diaryl/α,β-unsaturated/α-hetero) is 1. The molecule has 2 heteroatoms. The number of ketones is 1. The molecule has 2 nitrogen and oxygen atoms in total. The Morgan fingerprint density at radius 1 is 1.28 bits per heavy atom. The molecule has 1 aromatic rings. The summed E-state index contributed by atoms with van der Waals surface area (Å²) < 4.78 is 0. The van der Waals surface area contributed by atoms with E-state index in [-0.39, 0.29) is 11.5 Å². The van der Waals surface area contributed by atoms with Crippen LogP contribution in [0.25, 0.3) is 0 Å². The highest BCUT2D eigenvalue weighted by Crippen LogP contribution is 2.13. The van der Waals surface area contributed by atoms with E-state index in [0.717, 1.165) is 11.3 Å². The van der Waals surface area contributed by atoms with Crippen molar-refractivity contribution < 1.29 is 4.79 Å². The first-order valence-electron chi connectivity index (χ1n) is 5.94. The Morgan fingerprint density at radius 2 is 1.94 bits per heavy atom. The van der Waals surface area contributed by atoms with Gasteiger partial charge in [-0.2, -0.15) is 0 Å². The number of aliphatic imine (C=N–C) groups is 1. The van der Waals surface area contributed by atoms with Gasteiger partial charge in [0, 0.05) is 12.5 Å². The van der Waals surface area contributed by atoms with Crippen LogP contribution in [0.5, 0.6) is 0 Å². The molecule has 0 unspecified atom stereocenters. The van der Waals surface area contributed by atoms with Crippen molar-refractivity contribution in [3.63, 3.8) is 0 Å². The van der Waals surface area contributed by atoms with E-state index in [1.54, 1.807) is 0 Å². The molecule has 0 aliphatic heterocycles. The van der Waals surface area contributed by atoms with Crippen LogP contribution in [0, 0.1) is 13.8 Å². The Morgan fingerprint density at radius 3 is 2.44 bits per heavy atom. The van der Waals surface area contributed by atoms with E-state index in [9.17, 15) is 4.79 Å². The smallest absolute Gasteiger partial charge is 0.177 e. The normalized spacial score (nSPS) is 11.9. The second-order valence-corrected chi connectivity index (χ2v) is 4.30. The van der Waals surface area contributed by atoms with Crippen LogP contribution in [0.2, 0.25) is 0 Å². The lowest BCUT2D eigenvalue weighted by Gasteiger charge is -2.06. The number of nitrogens with zero attached hydrogens (tertiary/aromatic N) is 1. The highest BCUT2D eigenvalue weighted by molar-refractivity contribution is 6.11. The third-order valence-corrected chi connectivity index (χ3v) is 2.79. The molecule has 0 heterocycles. The number of aryl methyl sites for hydroxylation is 2. The third-order valence-electron chi connectivity index (χ3n) is 2.79. The van der Waals surface area contributed by atoms with Crippen molar-refractivity contribution in [2.75, 3.05) is 0 Å². The number of allylic oxidation sites excluding steroid dienone is 3. The molecule has 0 aliphatic carbocycles. The minimum atomic E-state index is -0.110. The summed E-state index contributed by atoms with van der Waals surface area (Å²) in [4.78, 5) is 15.5. The first-order chi connectivity index (χ1) is 8.45. The molecule has 0 saturated carbocycles. The number of rotatable bonds is 4. The fourth-order valence-corrected chi connectivity index (χ4v) is 1.48. The molecular weight excluding hydrogens is 222 g/mol. The zero-order valence-corrected chi connectivity index (χ0v) is 11.4. The van der Waals surface area contributed by atoms with E-state index in [4.69, 9.17) is 0 Å². The van der Waals surface area contributed by atoms with Crippen molar-refractivity contribution in [2.24, 2.45) is 4.99 Å². The van der Waals surface area contributed by atoms with Crippen LogP contribution < -0.4 is 0 Å². The Balaban J connectivity index is 3.24. The van der Waals surface area contributed by atoms with Crippen LogP contribution in [0.3, 0.4) is 0 Å². The van der Waals surface area contributed by atoms with Crippen molar-refractivity contribution in [3.05, 3.63) is 59.3 Å². The molecule has 1 aromatic carbocycles. The van der Waals surface area contributed by atoms with Gasteiger partial charge in [0.05, 0.1) is 11.4 Å². The average Bonchev–Trinajstić information content (AvgIpc) is 2.32. The van der Waals surface area contributed by atoms with Gasteiger partial charge in [0.1, 0.15) is 0 Å².